The third-order valence-corrected chi connectivity index (χ3v) is 6.19. The van der Waals surface area contributed by atoms with Crippen molar-refractivity contribution in [3.8, 4) is 0 Å². The van der Waals surface area contributed by atoms with Gasteiger partial charge in [-0.1, -0.05) is 110 Å². The Morgan fingerprint density at radius 2 is 1.10 bits per heavy atom. The lowest BCUT2D eigenvalue weighted by Gasteiger charge is -2.34. The summed E-state index contributed by atoms with van der Waals surface area (Å²) in [4.78, 5) is 12.7. The Morgan fingerprint density at radius 1 is 0.700 bits per heavy atom. The molecule has 5 heteroatoms. The lowest BCUT2D eigenvalue weighted by molar-refractivity contribution is -0.167. The molecule has 0 fully saturated rings. The van der Waals surface area contributed by atoms with Crippen molar-refractivity contribution >= 4 is 5.78 Å². The van der Waals surface area contributed by atoms with E-state index in [1.807, 2.05) is 0 Å². The van der Waals surface area contributed by atoms with Crippen LogP contribution in [0.1, 0.15) is 129 Å². The molecule has 3 unspecified atom stereocenters. The third kappa shape index (κ3) is 13.0. The van der Waals surface area contributed by atoms with E-state index in [1.54, 1.807) is 0 Å². The summed E-state index contributed by atoms with van der Waals surface area (Å²) < 4.78 is 0. The molecule has 180 valence electrons. The highest BCUT2D eigenvalue weighted by molar-refractivity contribution is 5.87. The second kappa shape index (κ2) is 19.2. The molecule has 0 radical (unpaired) electrons. The lowest BCUT2D eigenvalue weighted by Crippen LogP contribution is -2.55. The number of hydrogen-bond donors (Lipinski definition) is 4. The monoisotopic (exact) mass is 430 g/mol. The summed E-state index contributed by atoms with van der Waals surface area (Å²) in [5, 5.41) is 40.2. The van der Waals surface area contributed by atoms with Gasteiger partial charge in [0.15, 0.2) is 11.4 Å². The van der Waals surface area contributed by atoms with Crippen molar-refractivity contribution in [2.24, 2.45) is 0 Å². The van der Waals surface area contributed by atoms with Crippen LogP contribution in [0.5, 0.6) is 0 Å². The molecule has 4 N–H and O–H groups in total. The van der Waals surface area contributed by atoms with E-state index >= 15 is 0 Å². The molecule has 0 amide bonds. The number of aliphatic hydroxyl groups excluding tert-OH is 3. The number of carbonyl (C=O) groups excluding carboxylic acids is 1. The van der Waals surface area contributed by atoms with Gasteiger partial charge in [-0.15, -0.1) is 0 Å². The summed E-state index contributed by atoms with van der Waals surface area (Å²) >= 11 is 0. The van der Waals surface area contributed by atoms with Crippen LogP contribution in [0.25, 0.3) is 0 Å². The second-order valence-electron chi connectivity index (χ2n) is 8.99. The molecule has 0 saturated carbocycles. The molecule has 0 bridgehead atoms. The van der Waals surface area contributed by atoms with E-state index in [0.717, 1.165) is 38.5 Å². The van der Waals surface area contributed by atoms with Crippen molar-refractivity contribution in [2.45, 2.75) is 147 Å². The van der Waals surface area contributed by atoms with Crippen LogP contribution in [0.3, 0.4) is 0 Å². The van der Waals surface area contributed by atoms with Crippen LogP contribution in [-0.2, 0) is 4.79 Å². The zero-order valence-corrected chi connectivity index (χ0v) is 19.8. The van der Waals surface area contributed by atoms with Gasteiger partial charge in [0.25, 0.3) is 0 Å². The molecule has 3 atom stereocenters. The summed E-state index contributed by atoms with van der Waals surface area (Å²) in [5.41, 5.74) is -1.97. The highest BCUT2D eigenvalue weighted by Crippen LogP contribution is 2.26. The number of Topliss-reactive ketones (excluding diaryl/α,β-unsaturated/α-hetero) is 1. The van der Waals surface area contributed by atoms with Crippen LogP contribution >= 0.6 is 0 Å². The molecule has 30 heavy (non-hydrogen) atoms. The maximum Gasteiger partial charge on any atom is 0.167 e. The number of aliphatic hydroxyl groups is 4. The fraction of sp³-hybridized carbons (Fsp3) is 0.960. The topological polar surface area (TPSA) is 98.0 Å². The Bertz CT molecular complexity index is 401. The highest BCUT2D eigenvalue weighted by atomic mass is 16.4. The fourth-order valence-electron chi connectivity index (χ4n) is 4.03. The third-order valence-electron chi connectivity index (χ3n) is 6.19. The molecule has 0 rings (SSSR count). The Balaban J connectivity index is 4.30. The van der Waals surface area contributed by atoms with E-state index < -0.39 is 30.2 Å². The second-order valence-corrected chi connectivity index (χ2v) is 8.99. The van der Waals surface area contributed by atoms with Gasteiger partial charge in [0.1, 0.15) is 12.2 Å². The molecule has 0 saturated heterocycles. The van der Waals surface area contributed by atoms with Gasteiger partial charge in [0.05, 0.1) is 6.61 Å². The summed E-state index contributed by atoms with van der Waals surface area (Å²) in [7, 11) is 0. The quantitative estimate of drug-likeness (QED) is 0.180. The maximum atomic E-state index is 12.7. The van der Waals surface area contributed by atoms with Gasteiger partial charge >= 0.3 is 0 Å². The van der Waals surface area contributed by atoms with Crippen molar-refractivity contribution in [3.63, 3.8) is 0 Å². The molecule has 0 spiro atoms. The summed E-state index contributed by atoms with van der Waals surface area (Å²) in [6, 6.07) is 0. The molecular weight excluding hydrogens is 380 g/mol. The molecule has 0 aromatic carbocycles. The molecule has 5 nitrogen and oxygen atoms in total. The van der Waals surface area contributed by atoms with Crippen LogP contribution in [0.2, 0.25) is 0 Å². The molecule has 0 heterocycles. The lowest BCUT2D eigenvalue weighted by atomic mass is 9.81. The van der Waals surface area contributed by atoms with Crippen molar-refractivity contribution in [1.82, 2.24) is 0 Å². The largest absolute Gasteiger partial charge is 0.394 e. The summed E-state index contributed by atoms with van der Waals surface area (Å²) in [5.74, 6) is -0.407. The predicted octanol–water partition coefficient (Wildman–Crippen LogP) is 5.06. The zero-order chi connectivity index (χ0) is 22.7. The molecule has 0 aliphatic rings. The van der Waals surface area contributed by atoms with E-state index in [1.165, 1.54) is 51.4 Å². The first-order valence-electron chi connectivity index (χ1n) is 12.7. The van der Waals surface area contributed by atoms with Gasteiger partial charge < -0.3 is 20.4 Å². The van der Waals surface area contributed by atoms with E-state index in [-0.39, 0.29) is 12.8 Å². The zero-order valence-electron chi connectivity index (χ0n) is 19.8. The van der Waals surface area contributed by atoms with Gasteiger partial charge in [0.2, 0.25) is 0 Å². The van der Waals surface area contributed by atoms with Crippen LogP contribution in [0.15, 0.2) is 0 Å². The first-order chi connectivity index (χ1) is 14.4. The smallest absolute Gasteiger partial charge is 0.167 e. The Hall–Kier alpha value is -0.490. The summed E-state index contributed by atoms with van der Waals surface area (Å²) in [6.07, 6.45) is 14.8. The SMILES string of the molecule is CCCCCCCCCCCCC(=O)C(O)(CCCCCCCC)C(O)C(O)CO. The Labute approximate surface area is 185 Å². The van der Waals surface area contributed by atoms with Crippen LogP contribution < -0.4 is 0 Å². The standard InChI is InChI=1S/C25H50O5/c1-3-5-7-9-11-12-13-14-15-17-19-23(28)25(30,24(29)22(27)21-26)20-18-16-10-8-6-4-2/h22,24,26-27,29-30H,3-21H2,1-2H3. The summed E-state index contributed by atoms with van der Waals surface area (Å²) in [6.45, 7) is 3.70. The highest BCUT2D eigenvalue weighted by Gasteiger charge is 2.44. The number of ketones is 1. The van der Waals surface area contributed by atoms with Gasteiger partial charge in [-0.25, -0.2) is 0 Å². The van der Waals surface area contributed by atoms with E-state index in [2.05, 4.69) is 13.8 Å². The van der Waals surface area contributed by atoms with E-state index in [0.29, 0.717) is 12.8 Å². The average Bonchev–Trinajstić information content (AvgIpc) is 2.75. The minimum Gasteiger partial charge on any atom is -0.394 e. The van der Waals surface area contributed by atoms with Crippen molar-refractivity contribution < 1.29 is 25.2 Å². The van der Waals surface area contributed by atoms with E-state index in [4.69, 9.17) is 5.11 Å². The molecule has 0 aliphatic heterocycles. The molecular formula is C25H50O5. The van der Waals surface area contributed by atoms with Crippen LogP contribution in [0, 0.1) is 0 Å². The first-order valence-corrected chi connectivity index (χ1v) is 12.7. The van der Waals surface area contributed by atoms with Gasteiger partial charge in [-0.05, 0) is 12.8 Å². The number of carbonyl (C=O) groups is 1. The van der Waals surface area contributed by atoms with Gasteiger partial charge in [0, 0.05) is 6.42 Å². The Kier molecular flexibility index (Phi) is 18.9. The minimum absolute atomic E-state index is 0.133. The average molecular weight is 431 g/mol. The van der Waals surface area contributed by atoms with Crippen molar-refractivity contribution in [3.05, 3.63) is 0 Å². The van der Waals surface area contributed by atoms with Crippen LogP contribution in [0.4, 0.5) is 0 Å². The maximum absolute atomic E-state index is 12.7. The molecule has 0 aromatic heterocycles. The normalized spacial score (nSPS) is 15.7. The van der Waals surface area contributed by atoms with Crippen LogP contribution in [-0.4, -0.2) is 50.6 Å². The first kappa shape index (κ1) is 29.5. The predicted molar refractivity (Wildman–Crippen MR) is 124 cm³/mol. The molecule has 0 aliphatic carbocycles. The Morgan fingerprint density at radius 3 is 1.53 bits per heavy atom. The van der Waals surface area contributed by atoms with E-state index in [9.17, 15) is 20.1 Å². The van der Waals surface area contributed by atoms with Crippen molar-refractivity contribution in [2.75, 3.05) is 6.61 Å². The minimum atomic E-state index is -1.97. The fourth-order valence-corrected chi connectivity index (χ4v) is 4.03. The van der Waals surface area contributed by atoms with Gasteiger partial charge in [-0.2, -0.15) is 0 Å². The number of rotatable bonds is 22. The number of unbranched alkanes of at least 4 members (excludes halogenated alkanes) is 14. The van der Waals surface area contributed by atoms with Crippen molar-refractivity contribution in [1.29, 1.82) is 0 Å². The van der Waals surface area contributed by atoms with Gasteiger partial charge in [-0.3, -0.25) is 4.79 Å². The number of hydrogen-bond acceptors (Lipinski definition) is 5. The molecule has 0 aromatic rings.